The van der Waals surface area contributed by atoms with Crippen LogP contribution in [-0.4, -0.2) is 27.5 Å². The van der Waals surface area contributed by atoms with Crippen molar-refractivity contribution in [3.8, 4) is 5.75 Å². The molecule has 2 rings (SSSR count). The van der Waals surface area contributed by atoms with E-state index in [1.165, 1.54) is 0 Å². The van der Waals surface area contributed by atoms with Crippen molar-refractivity contribution >= 4 is 15.9 Å². The molecule has 0 aliphatic heterocycles. The number of hydrogen-bond acceptors (Lipinski definition) is 4. The molecule has 0 aliphatic carbocycles. The van der Waals surface area contributed by atoms with Crippen molar-refractivity contribution < 1.29 is 17.9 Å². The molecule has 7 heteroatoms. The summed E-state index contributed by atoms with van der Waals surface area (Å²) in [6.07, 6.45) is 0.228. The fourth-order valence-electron chi connectivity index (χ4n) is 2.89. The maximum Gasteiger partial charge on any atom is 0.224 e. The van der Waals surface area contributed by atoms with Crippen LogP contribution < -0.4 is 14.8 Å². The van der Waals surface area contributed by atoms with Gasteiger partial charge >= 0.3 is 0 Å². The number of nitrogens with one attached hydrogen (secondary N) is 2. The molecule has 0 bridgehead atoms. The summed E-state index contributed by atoms with van der Waals surface area (Å²) >= 11 is 0. The van der Waals surface area contributed by atoms with Gasteiger partial charge in [-0.25, -0.2) is 13.1 Å². The van der Waals surface area contributed by atoms with Crippen LogP contribution in [0.3, 0.4) is 0 Å². The molecule has 28 heavy (non-hydrogen) atoms. The molecule has 6 nitrogen and oxygen atoms in total. The van der Waals surface area contributed by atoms with Gasteiger partial charge in [0.15, 0.2) is 0 Å². The summed E-state index contributed by atoms with van der Waals surface area (Å²) in [4.78, 5) is 12.3. The third-order valence-electron chi connectivity index (χ3n) is 4.19. The molecule has 0 saturated heterocycles. The van der Waals surface area contributed by atoms with Crippen LogP contribution in [-0.2, 0) is 33.5 Å². The van der Waals surface area contributed by atoms with Crippen LogP contribution >= 0.6 is 0 Å². The number of benzene rings is 2. The second kappa shape index (κ2) is 9.71. The predicted molar refractivity (Wildman–Crippen MR) is 111 cm³/mol. The number of amides is 1. The quantitative estimate of drug-likeness (QED) is 0.673. The van der Waals surface area contributed by atoms with E-state index in [2.05, 4.69) is 10.0 Å². The lowest BCUT2D eigenvalue weighted by Gasteiger charge is -2.13. The highest BCUT2D eigenvalue weighted by atomic mass is 32.2. The molecule has 0 radical (unpaired) electrons. The Morgan fingerprint density at radius 3 is 2.43 bits per heavy atom. The first-order valence-electron chi connectivity index (χ1n) is 9.17. The summed E-state index contributed by atoms with van der Waals surface area (Å²) in [5, 5.41) is 2.87. The van der Waals surface area contributed by atoms with Crippen LogP contribution in [0.4, 0.5) is 0 Å². The van der Waals surface area contributed by atoms with Crippen molar-refractivity contribution in [1.82, 2.24) is 10.0 Å². The Labute approximate surface area is 167 Å². The molecule has 152 valence electrons. The van der Waals surface area contributed by atoms with E-state index in [9.17, 15) is 13.2 Å². The van der Waals surface area contributed by atoms with Gasteiger partial charge in [0.1, 0.15) is 5.75 Å². The molecule has 2 aromatic rings. The third-order valence-corrected chi connectivity index (χ3v) is 5.71. The van der Waals surface area contributed by atoms with E-state index < -0.39 is 10.0 Å². The summed E-state index contributed by atoms with van der Waals surface area (Å²) < 4.78 is 32.3. The Morgan fingerprint density at radius 2 is 1.79 bits per heavy atom. The second-order valence-corrected chi connectivity index (χ2v) is 8.81. The minimum atomic E-state index is -3.43. The molecule has 0 unspecified atom stereocenters. The maximum atomic E-state index is 12.3. The molecule has 1 amide bonds. The van der Waals surface area contributed by atoms with Gasteiger partial charge in [-0.1, -0.05) is 36.4 Å². The second-order valence-electron chi connectivity index (χ2n) is 7.06. The van der Waals surface area contributed by atoms with Gasteiger partial charge in [-0.2, -0.15) is 0 Å². The average Bonchev–Trinajstić information content (AvgIpc) is 2.61. The highest BCUT2D eigenvalue weighted by molar-refractivity contribution is 7.88. The molecular formula is C21H28N2O4S. The van der Waals surface area contributed by atoms with E-state index in [4.69, 9.17) is 4.74 Å². The number of carbonyl (C=O) groups excluding carboxylic acids is 1. The van der Waals surface area contributed by atoms with Crippen LogP contribution in [0, 0.1) is 6.92 Å². The lowest BCUT2D eigenvalue weighted by Crippen LogP contribution is -2.32. The van der Waals surface area contributed by atoms with Gasteiger partial charge in [0.25, 0.3) is 0 Å². The first kappa shape index (κ1) is 21.9. The Kier molecular flexibility index (Phi) is 7.60. The lowest BCUT2D eigenvalue weighted by molar-refractivity contribution is -0.120. The summed E-state index contributed by atoms with van der Waals surface area (Å²) in [6.45, 7) is 5.78. The average molecular weight is 405 g/mol. The van der Waals surface area contributed by atoms with E-state index in [-0.39, 0.29) is 30.7 Å². The summed E-state index contributed by atoms with van der Waals surface area (Å²) in [5.74, 6) is 0.495. The van der Waals surface area contributed by atoms with E-state index in [1.54, 1.807) is 33.1 Å². The Hall–Kier alpha value is -2.38. The molecule has 0 atom stereocenters. The van der Waals surface area contributed by atoms with Crippen LogP contribution in [0.2, 0.25) is 0 Å². The van der Waals surface area contributed by atoms with Gasteiger partial charge in [-0.3, -0.25) is 4.79 Å². The number of methoxy groups -OCH3 is 1. The van der Waals surface area contributed by atoms with E-state index in [1.807, 2.05) is 37.3 Å². The highest BCUT2D eigenvalue weighted by Gasteiger charge is 2.15. The largest absolute Gasteiger partial charge is 0.496 e. The Bertz CT molecular complexity index is 924. The summed E-state index contributed by atoms with van der Waals surface area (Å²) in [7, 11) is -1.83. The molecule has 0 aromatic heterocycles. The normalized spacial score (nSPS) is 11.5. The molecule has 2 N–H and O–H groups in total. The standard InChI is InChI=1S/C21H28N2O4S/c1-15(2)23-28(25,26)14-19-8-6-5-7-18(19)13-22-21(24)12-17-10-9-16(3)20(11-17)27-4/h5-11,15,23H,12-14H2,1-4H3,(H,22,24). The zero-order valence-corrected chi connectivity index (χ0v) is 17.6. The summed E-state index contributed by atoms with van der Waals surface area (Å²) in [5.41, 5.74) is 3.33. The molecule has 0 spiro atoms. The van der Waals surface area contributed by atoms with Crippen molar-refractivity contribution in [2.24, 2.45) is 0 Å². The number of aryl methyl sites for hydroxylation is 1. The molecule has 0 fully saturated rings. The minimum Gasteiger partial charge on any atom is -0.496 e. The lowest BCUT2D eigenvalue weighted by atomic mass is 10.1. The minimum absolute atomic E-state index is 0.119. The van der Waals surface area contributed by atoms with Crippen LogP contribution in [0.15, 0.2) is 42.5 Å². The number of hydrogen-bond donors (Lipinski definition) is 2. The number of carbonyl (C=O) groups is 1. The molecular weight excluding hydrogens is 376 g/mol. The van der Waals surface area contributed by atoms with Crippen molar-refractivity contribution in [1.29, 1.82) is 0 Å². The fraction of sp³-hybridized carbons (Fsp3) is 0.381. The number of ether oxygens (including phenoxy) is 1. The maximum absolute atomic E-state index is 12.3. The smallest absolute Gasteiger partial charge is 0.224 e. The predicted octanol–water partition coefficient (Wildman–Crippen LogP) is 2.69. The zero-order valence-electron chi connectivity index (χ0n) is 16.8. The molecule has 0 heterocycles. The van der Waals surface area contributed by atoms with E-state index in [0.29, 0.717) is 5.56 Å². The molecule has 0 saturated carbocycles. The first-order chi connectivity index (χ1) is 13.2. The number of rotatable bonds is 9. The van der Waals surface area contributed by atoms with Crippen molar-refractivity contribution in [2.75, 3.05) is 7.11 Å². The topological polar surface area (TPSA) is 84.5 Å². The Morgan fingerprint density at radius 1 is 1.11 bits per heavy atom. The van der Waals surface area contributed by atoms with Gasteiger partial charge in [0, 0.05) is 12.6 Å². The van der Waals surface area contributed by atoms with Gasteiger partial charge in [-0.15, -0.1) is 0 Å². The molecule has 2 aromatic carbocycles. The van der Waals surface area contributed by atoms with Crippen molar-refractivity contribution in [3.05, 3.63) is 64.7 Å². The van der Waals surface area contributed by atoms with Crippen LogP contribution in [0.5, 0.6) is 5.75 Å². The SMILES string of the molecule is COc1cc(CC(=O)NCc2ccccc2CS(=O)(=O)NC(C)C)ccc1C. The first-order valence-corrected chi connectivity index (χ1v) is 10.8. The van der Waals surface area contributed by atoms with Gasteiger partial charge in [-0.05, 0) is 49.1 Å². The van der Waals surface area contributed by atoms with Crippen LogP contribution in [0.25, 0.3) is 0 Å². The summed E-state index contributed by atoms with van der Waals surface area (Å²) in [6, 6.07) is 12.7. The van der Waals surface area contributed by atoms with Gasteiger partial charge < -0.3 is 10.1 Å². The van der Waals surface area contributed by atoms with Crippen molar-refractivity contribution in [3.63, 3.8) is 0 Å². The van der Waals surface area contributed by atoms with Gasteiger partial charge in [0.05, 0.1) is 19.3 Å². The molecule has 0 aliphatic rings. The monoisotopic (exact) mass is 404 g/mol. The third kappa shape index (κ3) is 6.65. The van der Waals surface area contributed by atoms with E-state index in [0.717, 1.165) is 22.4 Å². The fourth-order valence-corrected chi connectivity index (χ4v) is 4.38. The Balaban J connectivity index is 2.02. The number of sulfonamides is 1. The van der Waals surface area contributed by atoms with Gasteiger partial charge in [0.2, 0.25) is 15.9 Å². The van der Waals surface area contributed by atoms with Crippen molar-refractivity contribution in [2.45, 2.75) is 45.5 Å². The highest BCUT2D eigenvalue weighted by Crippen LogP contribution is 2.19. The van der Waals surface area contributed by atoms with Crippen LogP contribution in [0.1, 0.15) is 36.1 Å². The zero-order chi connectivity index (χ0) is 20.7. The van der Waals surface area contributed by atoms with E-state index >= 15 is 0 Å².